The molecule has 3 rings (SSSR count). The molecular weight excluding hydrogens is 216 g/mol. The summed E-state index contributed by atoms with van der Waals surface area (Å²) in [7, 11) is 0. The van der Waals surface area contributed by atoms with Gasteiger partial charge in [0.1, 0.15) is 18.7 Å². The van der Waals surface area contributed by atoms with Gasteiger partial charge >= 0.3 is 0 Å². The van der Waals surface area contributed by atoms with Crippen molar-refractivity contribution >= 4 is 10.9 Å². The third-order valence-electron chi connectivity index (χ3n) is 2.94. The number of hydrogen-bond donors (Lipinski definition) is 0. The van der Waals surface area contributed by atoms with Crippen molar-refractivity contribution in [3.8, 4) is 5.75 Å². The SMILES string of the molecule is c1ncc2ccc(OCC3CCCO3)cc2n1. The number of fused-ring (bicyclic) bond motifs is 1. The van der Waals surface area contributed by atoms with Crippen molar-refractivity contribution in [2.45, 2.75) is 18.9 Å². The zero-order valence-corrected chi connectivity index (χ0v) is 9.50. The van der Waals surface area contributed by atoms with Crippen LogP contribution in [0.15, 0.2) is 30.7 Å². The van der Waals surface area contributed by atoms with E-state index in [0.29, 0.717) is 6.61 Å². The van der Waals surface area contributed by atoms with E-state index in [1.165, 1.54) is 0 Å². The van der Waals surface area contributed by atoms with Gasteiger partial charge in [0.05, 0.1) is 11.6 Å². The van der Waals surface area contributed by atoms with Gasteiger partial charge in [-0.1, -0.05) is 0 Å². The van der Waals surface area contributed by atoms with E-state index in [0.717, 1.165) is 36.1 Å². The van der Waals surface area contributed by atoms with Crippen molar-refractivity contribution in [2.75, 3.05) is 13.2 Å². The maximum Gasteiger partial charge on any atom is 0.121 e. The van der Waals surface area contributed by atoms with Crippen LogP contribution in [0.2, 0.25) is 0 Å². The summed E-state index contributed by atoms with van der Waals surface area (Å²) in [4.78, 5) is 8.18. The molecule has 0 radical (unpaired) electrons. The molecule has 4 heteroatoms. The summed E-state index contributed by atoms with van der Waals surface area (Å²) in [5.74, 6) is 0.840. The van der Waals surface area contributed by atoms with Gasteiger partial charge < -0.3 is 9.47 Å². The van der Waals surface area contributed by atoms with Crippen LogP contribution in [0.1, 0.15) is 12.8 Å². The quantitative estimate of drug-likeness (QED) is 0.810. The number of nitrogens with zero attached hydrogens (tertiary/aromatic N) is 2. The first-order valence-corrected chi connectivity index (χ1v) is 5.86. The molecule has 2 aromatic rings. The molecule has 0 spiro atoms. The molecule has 1 atom stereocenters. The van der Waals surface area contributed by atoms with Crippen LogP contribution in [0.3, 0.4) is 0 Å². The van der Waals surface area contributed by atoms with E-state index in [4.69, 9.17) is 9.47 Å². The van der Waals surface area contributed by atoms with Gasteiger partial charge in [-0.3, -0.25) is 0 Å². The fourth-order valence-electron chi connectivity index (χ4n) is 2.01. The maximum absolute atomic E-state index is 5.71. The Hall–Kier alpha value is -1.68. The summed E-state index contributed by atoms with van der Waals surface area (Å²) < 4.78 is 11.2. The standard InChI is InChI=1S/C13H14N2O2/c1-2-12(16-5-1)8-17-11-4-3-10-7-14-9-15-13(10)6-11/h3-4,6-7,9,12H,1-2,5,8H2. The molecule has 1 aromatic heterocycles. The molecule has 88 valence electrons. The predicted molar refractivity (Wildman–Crippen MR) is 64.0 cm³/mol. The minimum Gasteiger partial charge on any atom is -0.491 e. The fraction of sp³-hybridized carbons (Fsp3) is 0.385. The number of rotatable bonds is 3. The fourth-order valence-corrected chi connectivity index (χ4v) is 2.01. The lowest BCUT2D eigenvalue weighted by molar-refractivity contribution is 0.0680. The van der Waals surface area contributed by atoms with Crippen LogP contribution in [-0.2, 0) is 4.74 Å². The molecule has 0 N–H and O–H groups in total. The first-order chi connectivity index (χ1) is 8.42. The van der Waals surface area contributed by atoms with Gasteiger partial charge in [-0.15, -0.1) is 0 Å². The van der Waals surface area contributed by atoms with Crippen LogP contribution in [0.4, 0.5) is 0 Å². The molecule has 1 aliphatic rings. The molecule has 1 saturated heterocycles. The second kappa shape index (κ2) is 4.67. The van der Waals surface area contributed by atoms with Crippen LogP contribution in [0.5, 0.6) is 5.75 Å². The average Bonchev–Trinajstić information content (AvgIpc) is 2.89. The Morgan fingerprint density at radius 3 is 3.29 bits per heavy atom. The Labute approximate surface area is 99.6 Å². The zero-order valence-electron chi connectivity index (χ0n) is 9.50. The second-order valence-corrected chi connectivity index (χ2v) is 4.19. The van der Waals surface area contributed by atoms with Crippen molar-refractivity contribution in [1.29, 1.82) is 0 Å². The van der Waals surface area contributed by atoms with Gasteiger partial charge in [0.15, 0.2) is 0 Å². The smallest absolute Gasteiger partial charge is 0.121 e. The molecule has 2 heterocycles. The maximum atomic E-state index is 5.71. The Bertz CT molecular complexity index is 510. The Balaban J connectivity index is 1.72. The van der Waals surface area contributed by atoms with Crippen molar-refractivity contribution in [3.63, 3.8) is 0 Å². The van der Waals surface area contributed by atoms with E-state index in [1.807, 2.05) is 18.2 Å². The first-order valence-electron chi connectivity index (χ1n) is 5.86. The van der Waals surface area contributed by atoms with E-state index < -0.39 is 0 Å². The van der Waals surface area contributed by atoms with Crippen molar-refractivity contribution in [3.05, 3.63) is 30.7 Å². The highest BCUT2D eigenvalue weighted by molar-refractivity contribution is 5.78. The Kier molecular flexibility index (Phi) is 2.88. The highest BCUT2D eigenvalue weighted by Gasteiger charge is 2.15. The lowest BCUT2D eigenvalue weighted by atomic mass is 10.2. The molecule has 0 amide bonds. The molecule has 17 heavy (non-hydrogen) atoms. The molecule has 0 bridgehead atoms. The summed E-state index contributed by atoms with van der Waals surface area (Å²) in [5.41, 5.74) is 0.907. The summed E-state index contributed by atoms with van der Waals surface area (Å²) in [6, 6.07) is 5.85. The van der Waals surface area contributed by atoms with Crippen LogP contribution in [0, 0.1) is 0 Å². The van der Waals surface area contributed by atoms with Gasteiger partial charge in [0.25, 0.3) is 0 Å². The van der Waals surface area contributed by atoms with Crippen LogP contribution in [0.25, 0.3) is 10.9 Å². The second-order valence-electron chi connectivity index (χ2n) is 4.19. The first kappa shape index (κ1) is 10.5. The third kappa shape index (κ3) is 2.36. The zero-order chi connectivity index (χ0) is 11.5. The van der Waals surface area contributed by atoms with Gasteiger partial charge in [-0.2, -0.15) is 0 Å². The van der Waals surface area contributed by atoms with E-state index in [-0.39, 0.29) is 6.10 Å². The summed E-state index contributed by atoms with van der Waals surface area (Å²) in [5, 5.41) is 1.02. The number of ether oxygens (including phenoxy) is 2. The van der Waals surface area contributed by atoms with Crippen LogP contribution in [-0.4, -0.2) is 29.3 Å². The van der Waals surface area contributed by atoms with E-state index in [2.05, 4.69) is 9.97 Å². The highest BCUT2D eigenvalue weighted by atomic mass is 16.5. The Morgan fingerprint density at radius 1 is 1.41 bits per heavy atom. The average molecular weight is 230 g/mol. The monoisotopic (exact) mass is 230 g/mol. The summed E-state index contributed by atoms with van der Waals surface area (Å²) in [6.45, 7) is 1.48. The highest BCUT2D eigenvalue weighted by Crippen LogP contribution is 2.19. The topological polar surface area (TPSA) is 44.2 Å². The normalized spacial score (nSPS) is 19.6. The minimum atomic E-state index is 0.246. The molecule has 1 aliphatic heterocycles. The van der Waals surface area contributed by atoms with Crippen molar-refractivity contribution < 1.29 is 9.47 Å². The summed E-state index contributed by atoms with van der Waals surface area (Å²) >= 11 is 0. The number of hydrogen-bond acceptors (Lipinski definition) is 4. The van der Waals surface area contributed by atoms with Gasteiger partial charge in [0.2, 0.25) is 0 Å². The summed E-state index contributed by atoms with van der Waals surface area (Å²) in [6.07, 6.45) is 5.82. The molecule has 0 aliphatic carbocycles. The van der Waals surface area contributed by atoms with Crippen LogP contribution >= 0.6 is 0 Å². The van der Waals surface area contributed by atoms with Crippen LogP contribution < -0.4 is 4.74 Å². The lowest BCUT2D eigenvalue weighted by Crippen LogP contribution is -2.16. The molecule has 1 fully saturated rings. The van der Waals surface area contributed by atoms with E-state index in [9.17, 15) is 0 Å². The largest absolute Gasteiger partial charge is 0.491 e. The third-order valence-corrected chi connectivity index (χ3v) is 2.94. The lowest BCUT2D eigenvalue weighted by Gasteiger charge is -2.11. The van der Waals surface area contributed by atoms with E-state index in [1.54, 1.807) is 12.5 Å². The van der Waals surface area contributed by atoms with Gasteiger partial charge in [-0.05, 0) is 25.0 Å². The molecular formula is C13H14N2O2. The molecule has 1 aromatic carbocycles. The van der Waals surface area contributed by atoms with Crippen molar-refractivity contribution in [2.24, 2.45) is 0 Å². The minimum absolute atomic E-state index is 0.246. The Morgan fingerprint density at radius 2 is 2.41 bits per heavy atom. The number of benzene rings is 1. The van der Waals surface area contributed by atoms with Crippen molar-refractivity contribution in [1.82, 2.24) is 9.97 Å². The molecule has 4 nitrogen and oxygen atoms in total. The van der Waals surface area contributed by atoms with E-state index >= 15 is 0 Å². The predicted octanol–water partition coefficient (Wildman–Crippen LogP) is 2.19. The molecule has 1 unspecified atom stereocenters. The van der Waals surface area contributed by atoms with Gasteiger partial charge in [0, 0.05) is 24.3 Å². The van der Waals surface area contributed by atoms with Gasteiger partial charge in [-0.25, -0.2) is 9.97 Å². The molecule has 0 saturated carbocycles. The number of aromatic nitrogens is 2.